The molecule has 0 N–H and O–H groups in total. The molecule has 0 aliphatic heterocycles. The Labute approximate surface area is 191 Å². The van der Waals surface area contributed by atoms with E-state index in [1.54, 1.807) is 59.3 Å². The van der Waals surface area contributed by atoms with Crippen LogP contribution in [0.25, 0.3) is 0 Å². The zero-order valence-electron chi connectivity index (χ0n) is 20.3. The van der Waals surface area contributed by atoms with Gasteiger partial charge in [0.25, 0.3) is 0 Å². The van der Waals surface area contributed by atoms with E-state index in [0.717, 1.165) is 12.8 Å². The Bertz CT molecular complexity index is 740. The summed E-state index contributed by atoms with van der Waals surface area (Å²) in [6.07, 6.45) is 1.31. The fraction of sp³-hybridized carbons (Fsp3) is 0.625. The van der Waals surface area contributed by atoms with Gasteiger partial charge >= 0.3 is 12.1 Å². The van der Waals surface area contributed by atoms with E-state index in [0.29, 0.717) is 24.3 Å². The van der Waals surface area contributed by atoms with Crippen molar-refractivity contribution in [2.75, 3.05) is 35.0 Å². The molecule has 8 heteroatoms. The summed E-state index contributed by atoms with van der Waals surface area (Å²) in [6.45, 7) is 5.86. The van der Waals surface area contributed by atoms with Crippen LogP contribution in [0.4, 0.5) is 4.79 Å². The van der Waals surface area contributed by atoms with Crippen molar-refractivity contribution in [1.82, 2.24) is 4.90 Å². The smallest absolute Gasteiger partial charge is 0.410 e. The van der Waals surface area contributed by atoms with E-state index in [1.807, 2.05) is 0 Å². The average molecular weight is 452 g/mol. The van der Waals surface area contributed by atoms with Crippen LogP contribution in [0.5, 0.6) is 5.75 Å². The topological polar surface area (TPSA) is 91.4 Å². The third-order valence-corrected chi connectivity index (χ3v) is 4.94. The molecule has 0 unspecified atom stereocenters. The number of likely N-dealkylation sites (N-methyl/N-ethyl adjacent to an activating group) is 1. The zero-order chi connectivity index (χ0) is 24.3. The first kappa shape index (κ1) is 27.4. The molecular weight excluding hydrogens is 414 g/mol. The van der Waals surface area contributed by atoms with E-state index in [1.165, 1.54) is 19.1 Å². The Morgan fingerprint density at radius 3 is 2.12 bits per heavy atom. The van der Waals surface area contributed by atoms with Crippen molar-refractivity contribution >= 4 is 17.8 Å². The van der Waals surface area contributed by atoms with Crippen LogP contribution in [0.15, 0.2) is 24.3 Å². The molecule has 1 rings (SSSR count). The van der Waals surface area contributed by atoms with E-state index in [9.17, 15) is 14.4 Å². The predicted molar refractivity (Wildman–Crippen MR) is 121 cm³/mol. The van der Waals surface area contributed by atoms with Gasteiger partial charge in [-0.25, -0.2) is 4.79 Å². The summed E-state index contributed by atoms with van der Waals surface area (Å²) in [5.41, 5.74) is -0.110. The molecule has 1 amide bonds. The van der Waals surface area contributed by atoms with Gasteiger partial charge in [-0.15, -0.1) is 0 Å². The molecule has 1 aromatic carbocycles. The summed E-state index contributed by atoms with van der Waals surface area (Å²) in [7, 11) is 6.00. The minimum absolute atomic E-state index is 0.0521. The number of ether oxygens (including phenoxy) is 4. The number of Topliss-reactive ketones (excluding diaryl/α,β-unsaturated/α-hetero) is 1. The number of benzene rings is 1. The van der Waals surface area contributed by atoms with E-state index in [2.05, 4.69) is 0 Å². The first-order valence-corrected chi connectivity index (χ1v) is 10.7. The second kappa shape index (κ2) is 13.1. The molecular formula is C24H37NO7. The minimum atomic E-state index is -0.915. The fourth-order valence-corrected chi connectivity index (χ4v) is 3.31. The van der Waals surface area contributed by atoms with Crippen LogP contribution in [0.3, 0.4) is 0 Å². The molecule has 0 fully saturated rings. The molecule has 0 heterocycles. The van der Waals surface area contributed by atoms with Crippen LogP contribution in [-0.4, -0.2) is 63.3 Å². The molecule has 0 aliphatic rings. The molecule has 180 valence electrons. The third-order valence-electron chi connectivity index (χ3n) is 4.94. The number of rotatable bonds is 12. The summed E-state index contributed by atoms with van der Waals surface area (Å²) in [5.74, 6) is -0.683. The lowest BCUT2D eigenvalue weighted by Crippen LogP contribution is -2.40. The normalized spacial score (nSPS) is 13.1. The molecule has 0 aromatic heterocycles. The first-order chi connectivity index (χ1) is 15.0. The van der Waals surface area contributed by atoms with E-state index >= 15 is 0 Å². The SMILES string of the molecule is COCCCC[C@H](CC(=O)[C@H](c1ccc(OC)cc1)N(C)C(=O)OC(C)(C)C)C(=O)OC. The first-order valence-electron chi connectivity index (χ1n) is 10.7. The third kappa shape index (κ3) is 8.86. The van der Waals surface area contributed by atoms with Gasteiger partial charge < -0.3 is 18.9 Å². The lowest BCUT2D eigenvalue weighted by atomic mass is 9.90. The fourth-order valence-electron chi connectivity index (χ4n) is 3.31. The number of ketones is 1. The molecule has 0 spiro atoms. The maximum absolute atomic E-state index is 13.4. The van der Waals surface area contributed by atoms with E-state index in [-0.39, 0.29) is 12.2 Å². The largest absolute Gasteiger partial charge is 0.497 e. The summed E-state index contributed by atoms with van der Waals surface area (Å²) < 4.78 is 20.6. The Balaban J connectivity index is 3.15. The lowest BCUT2D eigenvalue weighted by molar-refractivity contribution is -0.148. The molecule has 1 aromatic rings. The number of nitrogens with zero attached hydrogens (tertiary/aromatic N) is 1. The van der Waals surface area contributed by atoms with Crippen LogP contribution in [0, 0.1) is 5.92 Å². The molecule has 0 radical (unpaired) electrons. The molecule has 0 saturated heterocycles. The van der Waals surface area contributed by atoms with Gasteiger partial charge in [-0.1, -0.05) is 18.6 Å². The van der Waals surface area contributed by atoms with Gasteiger partial charge in [0.2, 0.25) is 0 Å². The molecule has 8 nitrogen and oxygen atoms in total. The number of carbonyl (C=O) groups is 3. The van der Waals surface area contributed by atoms with Crippen molar-refractivity contribution in [2.45, 2.75) is 58.1 Å². The molecule has 2 atom stereocenters. The van der Waals surface area contributed by atoms with Crippen molar-refractivity contribution in [1.29, 1.82) is 0 Å². The Morgan fingerprint density at radius 2 is 1.62 bits per heavy atom. The quantitative estimate of drug-likeness (QED) is 0.348. The van der Waals surface area contributed by atoms with Crippen LogP contribution >= 0.6 is 0 Å². The standard InChI is InChI=1S/C24H37NO7/c1-24(2,3)32-23(28)25(4)21(17-11-13-19(30-6)14-12-17)20(26)16-18(22(27)31-7)10-8-9-15-29-5/h11-14,18,21H,8-10,15-16H2,1-7H3/t18-,21+/m1/s1. The summed E-state index contributed by atoms with van der Waals surface area (Å²) >= 11 is 0. The number of methoxy groups -OCH3 is 3. The number of esters is 1. The Hall–Kier alpha value is -2.61. The highest BCUT2D eigenvalue weighted by atomic mass is 16.6. The van der Waals surface area contributed by atoms with Gasteiger partial charge in [-0.2, -0.15) is 0 Å². The second-order valence-electron chi connectivity index (χ2n) is 8.65. The van der Waals surface area contributed by atoms with Gasteiger partial charge in [0.05, 0.1) is 20.1 Å². The number of unbranched alkanes of at least 4 members (excludes halogenated alkanes) is 1. The van der Waals surface area contributed by atoms with Crippen molar-refractivity contribution in [3.8, 4) is 5.75 Å². The van der Waals surface area contributed by atoms with Crippen LogP contribution in [-0.2, 0) is 23.8 Å². The maximum Gasteiger partial charge on any atom is 0.410 e. The van der Waals surface area contributed by atoms with Crippen molar-refractivity contribution < 1.29 is 33.3 Å². The average Bonchev–Trinajstić information content (AvgIpc) is 2.74. The molecule has 0 aliphatic carbocycles. The molecule has 0 saturated carbocycles. The highest BCUT2D eigenvalue weighted by molar-refractivity contribution is 5.91. The van der Waals surface area contributed by atoms with E-state index < -0.39 is 29.6 Å². The van der Waals surface area contributed by atoms with Gasteiger partial charge in [0.15, 0.2) is 5.78 Å². The number of carbonyl (C=O) groups excluding carboxylic acids is 3. The highest BCUT2D eigenvalue weighted by Gasteiger charge is 2.34. The van der Waals surface area contributed by atoms with Crippen molar-refractivity contribution in [2.24, 2.45) is 5.92 Å². The summed E-state index contributed by atoms with van der Waals surface area (Å²) in [4.78, 5) is 39.7. The Morgan fingerprint density at radius 1 is 1.00 bits per heavy atom. The number of hydrogen-bond acceptors (Lipinski definition) is 7. The van der Waals surface area contributed by atoms with Gasteiger partial charge in [0, 0.05) is 27.2 Å². The number of amides is 1. The van der Waals surface area contributed by atoms with E-state index in [4.69, 9.17) is 18.9 Å². The van der Waals surface area contributed by atoms with Crippen LogP contribution < -0.4 is 4.74 Å². The zero-order valence-corrected chi connectivity index (χ0v) is 20.3. The van der Waals surface area contributed by atoms with Crippen molar-refractivity contribution in [3.63, 3.8) is 0 Å². The van der Waals surface area contributed by atoms with Gasteiger partial charge in [-0.05, 0) is 51.3 Å². The summed E-state index contributed by atoms with van der Waals surface area (Å²) in [6, 6.07) is 5.99. The van der Waals surface area contributed by atoms with Crippen LogP contribution in [0.1, 0.15) is 58.1 Å². The predicted octanol–water partition coefficient (Wildman–Crippen LogP) is 4.17. The monoisotopic (exact) mass is 451 g/mol. The van der Waals surface area contributed by atoms with Gasteiger partial charge in [0.1, 0.15) is 17.4 Å². The second-order valence-corrected chi connectivity index (χ2v) is 8.65. The lowest BCUT2D eigenvalue weighted by Gasteiger charge is -2.31. The molecule has 0 bridgehead atoms. The number of hydrogen-bond donors (Lipinski definition) is 0. The minimum Gasteiger partial charge on any atom is -0.497 e. The maximum atomic E-state index is 13.4. The Kier molecular flexibility index (Phi) is 11.2. The highest BCUT2D eigenvalue weighted by Crippen LogP contribution is 2.28. The summed E-state index contributed by atoms with van der Waals surface area (Å²) in [5, 5.41) is 0. The van der Waals surface area contributed by atoms with Gasteiger partial charge in [-0.3, -0.25) is 14.5 Å². The van der Waals surface area contributed by atoms with Crippen molar-refractivity contribution in [3.05, 3.63) is 29.8 Å². The van der Waals surface area contributed by atoms with Crippen LogP contribution in [0.2, 0.25) is 0 Å². The molecule has 32 heavy (non-hydrogen) atoms.